The highest BCUT2D eigenvalue weighted by molar-refractivity contribution is 6.16. The van der Waals surface area contributed by atoms with E-state index in [1.165, 1.54) is 0 Å². The lowest BCUT2D eigenvalue weighted by Gasteiger charge is -2.14. The second kappa shape index (κ2) is 6.75. The first-order valence-electron chi connectivity index (χ1n) is 11.0. The SMILES string of the molecule is Oc1ccc2ccccc2c1-c1cc2nc3cc4ccccc4cc3nc2c2ccccc12. The number of nitrogens with zero attached hydrogens (tertiary/aromatic N) is 2. The van der Waals surface area contributed by atoms with Crippen molar-refractivity contribution in [1.29, 1.82) is 0 Å². The molecule has 0 radical (unpaired) electrons. The Morgan fingerprint density at radius 2 is 1.09 bits per heavy atom. The molecule has 6 aromatic carbocycles. The van der Waals surface area contributed by atoms with Gasteiger partial charge in [-0.25, -0.2) is 9.97 Å². The zero-order valence-electron chi connectivity index (χ0n) is 17.7. The van der Waals surface area contributed by atoms with Crippen molar-refractivity contribution in [2.75, 3.05) is 0 Å². The standard InChI is InChI=1S/C30H18N2O/c33-28-14-13-18-7-3-4-10-21(18)29(28)24-17-27-30(23-12-6-5-11-22(23)24)32-26-16-20-9-2-1-8-19(20)15-25(26)31-27/h1-17,33H. The summed E-state index contributed by atoms with van der Waals surface area (Å²) in [6.07, 6.45) is 0. The van der Waals surface area contributed by atoms with Gasteiger partial charge in [-0.15, -0.1) is 0 Å². The van der Waals surface area contributed by atoms with Gasteiger partial charge in [0.1, 0.15) is 5.75 Å². The summed E-state index contributed by atoms with van der Waals surface area (Å²) in [5.74, 6) is 0.262. The van der Waals surface area contributed by atoms with Crippen molar-refractivity contribution in [2.45, 2.75) is 0 Å². The molecular weight excluding hydrogens is 404 g/mol. The number of hydrogen-bond acceptors (Lipinski definition) is 3. The molecule has 154 valence electrons. The lowest BCUT2D eigenvalue weighted by atomic mass is 9.92. The van der Waals surface area contributed by atoms with E-state index in [2.05, 4.69) is 54.6 Å². The maximum Gasteiger partial charge on any atom is 0.124 e. The monoisotopic (exact) mass is 422 g/mol. The van der Waals surface area contributed by atoms with Gasteiger partial charge < -0.3 is 5.11 Å². The highest BCUT2D eigenvalue weighted by atomic mass is 16.3. The Morgan fingerprint density at radius 3 is 1.85 bits per heavy atom. The zero-order chi connectivity index (χ0) is 21.9. The molecule has 1 N–H and O–H groups in total. The second-order valence-electron chi connectivity index (χ2n) is 8.43. The second-order valence-corrected chi connectivity index (χ2v) is 8.43. The van der Waals surface area contributed by atoms with E-state index in [-0.39, 0.29) is 5.75 Å². The fraction of sp³-hybridized carbons (Fsp3) is 0. The predicted octanol–water partition coefficient (Wildman–Crippen LogP) is 7.62. The average Bonchev–Trinajstić information content (AvgIpc) is 2.86. The van der Waals surface area contributed by atoms with Crippen molar-refractivity contribution in [1.82, 2.24) is 9.97 Å². The molecule has 3 heteroatoms. The van der Waals surface area contributed by atoms with Gasteiger partial charge in [0.15, 0.2) is 0 Å². The van der Waals surface area contributed by atoms with Gasteiger partial charge in [0.25, 0.3) is 0 Å². The Kier molecular flexibility index (Phi) is 3.70. The van der Waals surface area contributed by atoms with E-state index in [0.717, 1.165) is 65.5 Å². The Labute approximate surface area is 189 Å². The summed E-state index contributed by atoms with van der Waals surface area (Å²) in [4.78, 5) is 10.1. The number of phenols is 1. The van der Waals surface area contributed by atoms with Crippen molar-refractivity contribution >= 4 is 54.4 Å². The smallest absolute Gasteiger partial charge is 0.124 e. The van der Waals surface area contributed by atoms with Gasteiger partial charge in [-0.2, -0.15) is 0 Å². The van der Waals surface area contributed by atoms with Crippen LogP contribution in [0.5, 0.6) is 5.75 Å². The molecule has 0 unspecified atom stereocenters. The normalized spacial score (nSPS) is 11.8. The van der Waals surface area contributed by atoms with Crippen LogP contribution in [0.1, 0.15) is 0 Å². The summed E-state index contributed by atoms with van der Waals surface area (Å²) >= 11 is 0. The summed E-state index contributed by atoms with van der Waals surface area (Å²) in [5.41, 5.74) is 5.22. The lowest BCUT2D eigenvalue weighted by Crippen LogP contribution is -1.92. The van der Waals surface area contributed by atoms with E-state index in [1.807, 2.05) is 42.5 Å². The molecule has 3 nitrogen and oxygen atoms in total. The third-order valence-corrected chi connectivity index (χ3v) is 6.49. The van der Waals surface area contributed by atoms with Crippen molar-refractivity contribution < 1.29 is 5.11 Å². The maximum absolute atomic E-state index is 10.9. The summed E-state index contributed by atoms with van der Waals surface area (Å²) in [6.45, 7) is 0. The van der Waals surface area contributed by atoms with Gasteiger partial charge in [-0.1, -0.05) is 78.9 Å². The van der Waals surface area contributed by atoms with Crippen molar-refractivity contribution in [3.63, 3.8) is 0 Å². The molecule has 0 fully saturated rings. The Balaban J connectivity index is 1.64. The van der Waals surface area contributed by atoms with E-state index in [1.54, 1.807) is 6.07 Å². The van der Waals surface area contributed by atoms with Gasteiger partial charge >= 0.3 is 0 Å². The number of rotatable bonds is 1. The molecule has 33 heavy (non-hydrogen) atoms. The average molecular weight is 422 g/mol. The molecule has 0 aliphatic heterocycles. The largest absolute Gasteiger partial charge is 0.507 e. The lowest BCUT2D eigenvalue weighted by molar-refractivity contribution is 0.478. The van der Waals surface area contributed by atoms with Crippen LogP contribution in [0.25, 0.3) is 65.5 Å². The fourth-order valence-electron chi connectivity index (χ4n) is 4.94. The minimum absolute atomic E-state index is 0.262. The quantitative estimate of drug-likeness (QED) is 0.219. The first kappa shape index (κ1) is 18.1. The van der Waals surface area contributed by atoms with Crippen LogP contribution in [-0.4, -0.2) is 15.1 Å². The van der Waals surface area contributed by atoms with Crippen molar-refractivity contribution in [3.8, 4) is 16.9 Å². The molecule has 1 aromatic heterocycles. The number of aromatic nitrogens is 2. The van der Waals surface area contributed by atoms with E-state index in [4.69, 9.17) is 9.97 Å². The van der Waals surface area contributed by atoms with E-state index in [9.17, 15) is 5.11 Å². The highest BCUT2D eigenvalue weighted by Crippen LogP contribution is 2.42. The van der Waals surface area contributed by atoms with Crippen LogP contribution in [0.15, 0.2) is 103 Å². The molecule has 0 spiro atoms. The van der Waals surface area contributed by atoms with Gasteiger partial charge in [0, 0.05) is 10.9 Å². The van der Waals surface area contributed by atoms with Gasteiger partial charge in [-0.05, 0) is 56.8 Å². The van der Waals surface area contributed by atoms with Crippen molar-refractivity contribution in [3.05, 3.63) is 103 Å². The molecule has 0 amide bonds. The third kappa shape index (κ3) is 2.69. The zero-order valence-corrected chi connectivity index (χ0v) is 17.7. The van der Waals surface area contributed by atoms with Crippen LogP contribution in [0.3, 0.4) is 0 Å². The number of benzene rings is 6. The number of phenolic OH excluding ortho intramolecular Hbond substituents is 1. The van der Waals surface area contributed by atoms with Gasteiger partial charge in [0.05, 0.1) is 22.1 Å². The Hall–Kier alpha value is -4.50. The predicted molar refractivity (Wildman–Crippen MR) is 137 cm³/mol. The van der Waals surface area contributed by atoms with Gasteiger partial charge in [-0.3, -0.25) is 0 Å². The molecular formula is C30H18N2O. The van der Waals surface area contributed by atoms with Crippen LogP contribution < -0.4 is 0 Å². The number of hydrogen-bond donors (Lipinski definition) is 1. The van der Waals surface area contributed by atoms with Crippen molar-refractivity contribution in [2.24, 2.45) is 0 Å². The molecule has 0 bridgehead atoms. The van der Waals surface area contributed by atoms with E-state index < -0.39 is 0 Å². The number of fused-ring (bicyclic) bond motifs is 6. The maximum atomic E-state index is 10.9. The molecule has 0 saturated heterocycles. The summed E-state index contributed by atoms with van der Waals surface area (Å²) in [5, 5.41) is 17.4. The van der Waals surface area contributed by atoms with Crippen LogP contribution in [0.4, 0.5) is 0 Å². The first-order chi connectivity index (χ1) is 16.3. The Bertz CT molecular complexity index is 1890. The van der Waals surface area contributed by atoms with Gasteiger partial charge in [0.2, 0.25) is 0 Å². The topological polar surface area (TPSA) is 46.0 Å². The molecule has 0 aliphatic rings. The first-order valence-corrected chi connectivity index (χ1v) is 11.0. The van der Waals surface area contributed by atoms with Crippen LogP contribution in [-0.2, 0) is 0 Å². The number of aromatic hydroxyl groups is 1. The van der Waals surface area contributed by atoms with Crippen LogP contribution >= 0.6 is 0 Å². The molecule has 0 saturated carbocycles. The molecule has 0 atom stereocenters. The fourth-order valence-corrected chi connectivity index (χ4v) is 4.94. The molecule has 7 aromatic rings. The minimum Gasteiger partial charge on any atom is -0.507 e. The Morgan fingerprint density at radius 1 is 0.485 bits per heavy atom. The summed E-state index contributed by atoms with van der Waals surface area (Å²) in [6, 6.07) is 34.7. The summed E-state index contributed by atoms with van der Waals surface area (Å²) in [7, 11) is 0. The minimum atomic E-state index is 0.262. The summed E-state index contributed by atoms with van der Waals surface area (Å²) < 4.78 is 0. The molecule has 0 aliphatic carbocycles. The third-order valence-electron chi connectivity index (χ3n) is 6.49. The molecule has 1 heterocycles. The van der Waals surface area contributed by atoms with E-state index >= 15 is 0 Å². The highest BCUT2D eigenvalue weighted by Gasteiger charge is 2.16. The molecule has 7 rings (SSSR count). The van der Waals surface area contributed by atoms with E-state index in [0.29, 0.717) is 0 Å². The van der Waals surface area contributed by atoms with Crippen LogP contribution in [0.2, 0.25) is 0 Å². The van der Waals surface area contributed by atoms with Crippen LogP contribution in [0, 0.1) is 0 Å².